The molecule has 1 heterocycles. The molecule has 20 heavy (non-hydrogen) atoms. The summed E-state index contributed by atoms with van der Waals surface area (Å²) in [5.41, 5.74) is 1.15. The summed E-state index contributed by atoms with van der Waals surface area (Å²) in [6.07, 6.45) is 3.50. The molecule has 3 nitrogen and oxygen atoms in total. The predicted molar refractivity (Wildman–Crippen MR) is 82.9 cm³/mol. The van der Waals surface area contributed by atoms with Crippen LogP contribution in [0.15, 0.2) is 24.3 Å². The fourth-order valence-electron chi connectivity index (χ4n) is 2.68. The van der Waals surface area contributed by atoms with Crippen molar-refractivity contribution < 1.29 is 4.79 Å². The van der Waals surface area contributed by atoms with Crippen LogP contribution in [0.3, 0.4) is 0 Å². The van der Waals surface area contributed by atoms with Gasteiger partial charge in [-0.2, -0.15) is 0 Å². The van der Waals surface area contributed by atoms with Gasteiger partial charge in [-0.1, -0.05) is 23.7 Å². The average Bonchev–Trinajstić information content (AvgIpc) is 2.48. The highest BCUT2D eigenvalue weighted by molar-refractivity contribution is 6.30. The third-order valence-corrected chi connectivity index (χ3v) is 4.16. The molecule has 2 unspecified atom stereocenters. The number of rotatable bonds is 4. The standard InChI is InChI=1S/C16H23ClN2O/c1-12(14-6-8-15(17)9-7-14)18-13(2)16(20)19-10-4-3-5-11-19/h6-9,12-13,18H,3-5,10-11H2,1-2H3. The number of nitrogens with one attached hydrogen (secondary N) is 1. The number of carbonyl (C=O) groups is 1. The fourth-order valence-corrected chi connectivity index (χ4v) is 2.81. The summed E-state index contributed by atoms with van der Waals surface area (Å²) in [4.78, 5) is 14.3. The smallest absolute Gasteiger partial charge is 0.239 e. The minimum Gasteiger partial charge on any atom is -0.341 e. The Balaban J connectivity index is 1.91. The van der Waals surface area contributed by atoms with Crippen molar-refractivity contribution in [3.05, 3.63) is 34.9 Å². The van der Waals surface area contributed by atoms with Gasteiger partial charge in [0.2, 0.25) is 5.91 Å². The molecule has 1 saturated heterocycles. The first-order chi connectivity index (χ1) is 9.58. The molecule has 0 bridgehead atoms. The topological polar surface area (TPSA) is 32.3 Å². The van der Waals surface area contributed by atoms with Gasteiger partial charge in [-0.15, -0.1) is 0 Å². The Hall–Kier alpha value is -1.06. The molecule has 0 spiro atoms. The van der Waals surface area contributed by atoms with E-state index in [0.717, 1.165) is 36.5 Å². The van der Waals surface area contributed by atoms with Crippen molar-refractivity contribution in [1.82, 2.24) is 10.2 Å². The number of hydrogen-bond donors (Lipinski definition) is 1. The maximum Gasteiger partial charge on any atom is 0.239 e. The van der Waals surface area contributed by atoms with E-state index in [1.165, 1.54) is 6.42 Å². The SMILES string of the molecule is CC(NC(C)c1ccc(Cl)cc1)C(=O)N1CCCCC1. The van der Waals surface area contributed by atoms with E-state index in [0.29, 0.717) is 0 Å². The second-order valence-electron chi connectivity index (χ2n) is 5.55. The van der Waals surface area contributed by atoms with Gasteiger partial charge < -0.3 is 4.90 Å². The van der Waals surface area contributed by atoms with E-state index in [-0.39, 0.29) is 18.0 Å². The molecule has 1 aromatic carbocycles. The van der Waals surface area contributed by atoms with E-state index in [1.54, 1.807) is 0 Å². The van der Waals surface area contributed by atoms with Gasteiger partial charge in [0.05, 0.1) is 6.04 Å². The van der Waals surface area contributed by atoms with Crippen LogP contribution < -0.4 is 5.32 Å². The van der Waals surface area contributed by atoms with E-state index in [4.69, 9.17) is 11.6 Å². The largest absolute Gasteiger partial charge is 0.341 e. The van der Waals surface area contributed by atoms with Crippen molar-refractivity contribution in [2.24, 2.45) is 0 Å². The minimum absolute atomic E-state index is 0.135. The molecule has 1 N–H and O–H groups in total. The Labute approximate surface area is 126 Å². The Bertz CT molecular complexity index is 440. The van der Waals surface area contributed by atoms with Crippen molar-refractivity contribution in [2.75, 3.05) is 13.1 Å². The average molecular weight is 295 g/mol. The number of nitrogens with zero attached hydrogens (tertiary/aromatic N) is 1. The minimum atomic E-state index is -0.154. The maximum absolute atomic E-state index is 12.4. The number of amides is 1. The highest BCUT2D eigenvalue weighted by Gasteiger charge is 2.23. The molecular formula is C16H23ClN2O. The summed E-state index contributed by atoms with van der Waals surface area (Å²) < 4.78 is 0. The van der Waals surface area contributed by atoms with Crippen molar-refractivity contribution in [3.8, 4) is 0 Å². The summed E-state index contributed by atoms with van der Waals surface area (Å²) in [7, 11) is 0. The third-order valence-electron chi connectivity index (χ3n) is 3.91. The summed E-state index contributed by atoms with van der Waals surface area (Å²) in [6.45, 7) is 5.83. The van der Waals surface area contributed by atoms with E-state index < -0.39 is 0 Å². The number of hydrogen-bond acceptors (Lipinski definition) is 2. The molecular weight excluding hydrogens is 272 g/mol. The van der Waals surface area contributed by atoms with Gasteiger partial charge in [0.1, 0.15) is 0 Å². The van der Waals surface area contributed by atoms with Crippen molar-refractivity contribution in [2.45, 2.75) is 45.2 Å². The molecule has 2 atom stereocenters. The molecule has 1 fully saturated rings. The molecule has 1 amide bonds. The Morgan fingerprint density at radius 2 is 1.75 bits per heavy atom. The van der Waals surface area contributed by atoms with Crippen LogP contribution >= 0.6 is 11.6 Å². The maximum atomic E-state index is 12.4. The summed E-state index contributed by atoms with van der Waals surface area (Å²) in [6, 6.07) is 7.74. The van der Waals surface area contributed by atoms with Crippen molar-refractivity contribution in [3.63, 3.8) is 0 Å². The molecule has 1 aromatic rings. The van der Waals surface area contributed by atoms with Crippen LogP contribution in [0.2, 0.25) is 5.02 Å². The number of halogens is 1. The first-order valence-electron chi connectivity index (χ1n) is 7.38. The first-order valence-corrected chi connectivity index (χ1v) is 7.76. The number of likely N-dealkylation sites (tertiary alicyclic amines) is 1. The molecule has 0 aromatic heterocycles. The molecule has 4 heteroatoms. The van der Waals surface area contributed by atoms with E-state index >= 15 is 0 Å². The molecule has 1 aliphatic heterocycles. The van der Waals surface area contributed by atoms with Crippen LogP contribution in [0.25, 0.3) is 0 Å². The van der Waals surface area contributed by atoms with Gasteiger partial charge in [-0.05, 0) is 50.8 Å². The van der Waals surface area contributed by atoms with Crippen molar-refractivity contribution >= 4 is 17.5 Å². The van der Waals surface area contributed by atoms with Gasteiger partial charge in [0, 0.05) is 24.2 Å². The van der Waals surface area contributed by atoms with Gasteiger partial charge in [-0.3, -0.25) is 10.1 Å². The highest BCUT2D eigenvalue weighted by atomic mass is 35.5. The van der Waals surface area contributed by atoms with Gasteiger partial charge in [0.15, 0.2) is 0 Å². The Morgan fingerprint density at radius 1 is 1.15 bits per heavy atom. The lowest BCUT2D eigenvalue weighted by Gasteiger charge is -2.30. The van der Waals surface area contributed by atoms with Crippen LogP contribution in [0, 0.1) is 0 Å². The normalized spacial score (nSPS) is 18.6. The molecule has 0 saturated carbocycles. The lowest BCUT2D eigenvalue weighted by atomic mass is 10.1. The molecule has 1 aliphatic rings. The van der Waals surface area contributed by atoms with Crippen LogP contribution in [-0.2, 0) is 4.79 Å². The van der Waals surface area contributed by atoms with Gasteiger partial charge >= 0.3 is 0 Å². The predicted octanol–water partition coefficient (Wildman–Crippen LogP) is 3.39. The second kappa shape index (κ2) is 7.09. The van der Waals surface area contributed by atoms with Gasteiger partial charge in [-0.25, -0.2) is 0 Å². The van der Waals surface area contributed by atoms with Crippen LogP contribution in [0.1, 0.15) is 44.7 Å². The van der Waals surface area contributed by atoms with Gasteiger partial charge in [0.25, 0.3) is 0 Å². The zero-order valence-electron chi connectivity index (χ0n) is 12.2. The lowest BCUT2D eigenvalue weighted by Crippen LogP contribution is -2.47. The zero-order chi connectivity index (χ0) is 14.5. The van der Waals surface area contributed by atoms with Crippen LogP contribution in [0.5, 0.6) is 0 Å². The zero-order valence-corrected chi connectivity index (χ0v) is 13.0. The quantitative estimate of drug-likeness (QED) is 0.923. The van der Waals surface area contributed by atoms with E-state index in [9.17, 15) is 4.79 Å². The summed E-state index contributed by atoms with van der Waals surface area (Å²) in [5, 5.41) is 4.11. The molecule has 0 aliphatic carbocycles. The number of benzene rings is 1. The third kappa shape index (κ3) is 3.97. The fraction of sp³-hybridized carbons (Fsp3) is 0.562. The van der Waals surface area contributed by atoms with Crippen LogP contribution in [0.4, 0.5) is 0 Å². The molecule has 0 radical (unpaired) electrons. The first kappa shape index (κ1) is 15.3. The van der Waals surface area contributed by atoms with Crippen LogP contribution in [-0.4, -0.2) is 29.9 Å². The Kier molecular flexibility index (Phi) is 5.44. The Morgan fingerprint density at radius 3 is 2.35 bits per heavy atom. The number of carbonyl (C=O) groups excluding carboxylic acids is 1. The number of piperidine rings is 1. The highest BCUT2D eigenvalue weighted by Crippen LogP contribution is 2.17. The second-order valence-corrected chi connectivity index (χ2v) is 5.98. The molecule has 2 rings (SSSR count). The summed E-state index contributed by atoms with van der Waals surface area (Å²) >= 11 is 5.89. The van der Waals surface area contributed by atoms with E-state index in [1.807, 2.05) is 36.1 Å². The summed E-state index contributed by atoms with van der Waals surface area (Å²) in [5.74, 6) is 0.213. The van der Waals surface area contributed by atoms with E-state index in [2.05, 4.69) is 12.2 Å². The molecule has 110 valence electrons. The van der Waals surface area contributed by atoms with Crippen molar-refractivity contribution in [1.29, 1.82) is 0 Å². The lowest BCUT2D eigenvalue weighted by molar-refractivity contribution is -0.134. The monoisotopic (exact) mass is 294 g/mol.